The molecule has 0 unspecified atom stereocenters. The molecule has 3 amide bonds. The van der Waals surface area contributed by atoms with Crippen LogP contribution in [0, 0.1) is 0 Å². The molecule has 1 aliphatic rings. The molecule has 1 aliphatic heterocycles. The predicted octanol–water partition coefficient (Wildman–Crippen LogP) is -0.128. The molecule has 1 aromatic heterocycles. The zero-order chi connectivity index (χ0) is 16.5. The molecule has 1 aromatic rings. The third-order valence-electron chi connectivity index (χ3n) is 3.41. The number of nitrogens with zero attached hydrogens (tertiary/aromatic N) is 2. The fourth-order valence-corrected chi connectivity index (χ4v) is 2.20. The highest BCUT2D eigenvalue weighted by molar-refractivity contribution is 5.95. The molecule has 0 aromatic carbocycles. The van der Waals surface area contributed by atoms with E-state index < -0.39 is 11.8 Å². The Balaban J connectivity index is 1.61. The fourth-order valence-electron chi connectivity index (χ4n) is 2.20. The topological polar surface area (TPSA) is 101 Å². The van der Waals surface area contributed by atoms with Crippen molar-refractivity contribution in [2.24, 2.45) is 0 Å². The van der Waals surface area contributed by atoms with Gasteiger partial charge < -0.3 is 9.64 Å². The number of likely N-dealkylation sites (tertiary alicyclic amines) is 1. The number of carbonyl (C=O) groups is 3. The van der Waals surface area contributed by atoms with Crippen LogP contribution in [-0.4, -0.2) is 53.9 Å². The Morgan fingerprint density at radius 1 is 1.13 bits per heavy atom. The highest BCUT2D eigenvalue weighted by Crippen LogP contribution is 2.08. The van der Waals surface area contributed by atoms with Crippen LogP contribution in [0.2, 0.25) is 0 Å². The number of rotatable bonds is 5. The van der Waals surface area contributed by atoms with Crippen molar-refractivity contribution in [3.05, 3.63) is 30.1 Å². The molecule has 8 nitrogen and oxygen atoms in total. The monoisotopic (exact) mass is 320 g/mol. The van der Waals surface area contributed by atoms with Gasteiger partial charge in [-0.05, 0) is 31.4 Å². The number of hydrogen-bond donors (Lipinski definition) is 2. The lowest BCUT2D eigenvalue weighted by Crippen LogP contribution is -2.44. The summed E-state index contributed by atoms with van der Waals surface area (Å²) < 4.78 is 5.08. The van der Waals surface area contributed by atoms with Crippen LogP contribution in [0.5, 0.6) is 0 Å². The van der Waals surface area contributed by atoms with Gasteiger partial charge in [0.05, 0.1) is 5.56 Å². The summed E-state index contributed by atoms with van der Waals surface area (Å²) in [6, 6.07) is 3.19. The number of nitrogens with one attached hydrogen (secondary N) is 2. The number of aromatic nitrogens is 1. The van der Waals surface area contributed by atoms with E-state index in [0.717, 1.165) is 32.4 Å². The molecule has 23 heavy (non-hydrogen) atoms. The number of hydrogen-bond acceptors (Lipinski definition) is 5. The molecule has 0 radical (unpaired) electrons. The third kappa shape index (κ3) is 5.67. The summed E-state index contributed by atoms with van der Waals surface area (Å²) in [5, 5.41) is 0. The quantitative estimate of drug-likeness (QED) is 0.736. The van der Waals surface area contributed by atoms with Crippen LogP contribution >= 0.6 is 0 Å². The van der Waals surface area contributed by atoms with Gasteiger partial charge in [0, 0.05) is 25.5 Å². The van der Waals surface area contributed by atoms with Gasteiger partial charge in [-0.15, -0.1) is 0 Å². The maximum absolute atomic E-state index is 11.8. The zero-order valence-corrected chi connectivity index (χ0v) is 12.8. The number of ether oxygens (including phenoxy) is 1. The van der Waals surface area contributed by atoms with Crippen LogP contribution < -0.4 is 10.9 Å². The van der Waals surface area contributed by atoms with E-state index in [9.17, 15) is 14.4 Å². The molecule has 1 fully saturated rings. The Morgan fingerprint density at radius 2 is 1.91 bits per heavy atom. The SMILES string of the molecule is O=C(COCC(=O)N1CCCCC1)NNC(=O)c1cccnc1. The van der Waals surface area contributed by atoms with E-state index in [-0.39, 0.29) is 19.1 Å². The van der Waals surface area contributed by atoms with Gasteiger partial charge in [-0.25, -0.2) is 0 Å². The maximum Gasteiger partial charge on any atom is 0.271 e. The molecule has 0 saturated carbocycles. The minimum absolute atomic E-state index is 0.114. The lowest BCUT2D eigenvalue weighted by atomic mass is 10.1. The fraction of sp³-hybridized carbons (Fsp3) is 0.467. The van der Waals surface area contributed by atoms with Crippen molar-refractivity contribution in [1.82, 2.24) is 20.7 Å². The van der Waals surface area contributed by atoms with E-state index in [4.69, 9.17) is 4.74 Å². The second-order valence-electron chi connectivity index (χ2n) is 5.18. The largest absolute Gasteiger partial charge is 0.362 e. The Labute approximate surface area is 134 Å². The first-order valence-electron chi connectivity index (χ1n) is 7.51. The number of hydrazine groups is 1. The maximum atomic E-state index is 11.8. The normalized spacial score (nSPS) is 14.2. The molecule has 0 aliphatic carbocycles. The lowest BCUT2D eigenvalue weighted by Gasteiger charge is -2.26. The highest BCUT2D eigenvalue weighted by Gasteiger charge is 2.16. The molecule has 0 spiro atoms. The third-order valence-corrected chi connectivity index (χ3v) is 3.41. The average molecular weight is 320 g/mol. The molecule has 1 saturated heterocycles. The van der Waals surface area contributed by atoms with Crippen LogP contribution in [0.15, 0.2) is 24.5 Å². The van der Waals surface area contributed by atoms with E-state index in [1.807, 2.05) is 0 Å². The zero-order valence-electron chi connectivity index (χ0n) is 12.8. The smallest absolute Gasteiger partial charge is 0.271 e. The van der Waals surface area contributed by atoms with Crippen molar-refractivity contribution < 1.29 is 19.1 Å². The molecular formula is C15H20N4O4. The molecule has 0 bridgehead atoms. The van der Waals surface area contributed by atoms with E-state index >= 15 is 0 Å². The molecule has 8 heteroatoms. The van der Waals surface area contributed by atoms with Gasteiger partial charge in [0.2, 0.25) is 5.91 Å². The molecule has 124 valence electrons. The second-order valence-corrected chi connectivity index (χ2v) is 5.18. The summed E-state index contributed by atoms with van der Waals surface area (Å²) in [6.45, 7) is 1.06. The summed E-state index contributed by atoms with van der Waals surface area (Å²) in [4.78, 5) is 40.6. The van der Waals surface area contributed by atoms with Gasteiger partial charge in [0.25, 0.3) is 11.8 Å². The molecule has 0 atom stereocenters. The van der Waals surface area contributed by atoms with Crippen LogP contribution in [0.4, 0.5) is 0 Å². The van der Waals surface area contributed by atoms with E-state index in [2.05, 4.69) is 15.8 Å². The molecule has 2 N–H and O–H groups in total. The second kappa shape index (κ2) is 8.84. The number of piperidine rings is 1. The van der Waals surface area contributed by atoms with Gasteiger partial charge >= 0.3 is 0 Å². The summed E-state index contributed by atoms with van der Waals surface area (Å²) in [7, 11) is 0. The van der Waals surface area contributed by atoms with Crippen molar-refractivity contribution in [3.8, 4) is 0 Å². The molecular weight excluding hydrogens is 300 g/mol. The number of amides is 3. The number of carbonyl (C=O) groups excluding carboxylic acids is 3. The van der Waals surface area contributed by atoms with Gasteiger partial charge in [-0.2, -0.15) is 0 Å². The van der Waals surface area contributed by atoms with E-state index in [1.165, 1.54) is 6.20 Å². The lowest BCUT2D eigenvalue weighted by molar-refractivity contribution is -0.139. The average Bonchev–Trinajstić information content (AvgIpc) is 2.61. The van der Waals surface area contributed by atoms with E-state index in [1.54, 1.807) is 23.2 Å². The predicted molar refractivity (Wildman–Crippen MR) is 81.1 cm³/mol. The molecule has 2 heterocycles. The first kappa shape index (κ1) is 16.9. The number of pyridine rings is 1. The van der Waals surface area contributed by atoms with Crippen LogP contribution in [0.3, 0.4) is 0 Å². The minimum Gasteiger partial charge on any atom is -0.362 e. The van der Waals surface area contributed by atoms with Crippen molar-refractivity contribution in [3.63, 3.8) is 0 Å². The summed E-state index contributed by atoms with van der Waals surface area (Å²) in [6.07, 6.45) is 6.08. The van der Waals surface area contributed by atoms with Crippen LogP contribution in [0.1, 0.15) is 29.6 Å². The van der Waals surface area contributed by atoms with Crippen molar-refractivity contribution in [1.29, 1.82) is 0 Å². The Hall–Kier alpha value is -2.48. The van der Waals surface area contributed by atoms with E-state index in [0.29, 0.717) is 5.56 Å². The van der Waals surface area contributed by atoms with Gasteiger partial charge in [0.15, 0.2) is 0 Å². The first-order valence-corrected chi connectivity index (χ1v) is 7.51. The highest BCUT2D eigenvalue weighted by atomic mass is 16.5. The van der Waals surface area contributed by atoms with Crippen molar-refractivity contribution in [2.75, 3.05) is 26.3 Å². The summed E-state index contributed by atoms with van der Waals surface area (Å²) in [5.74, 6) is -1.12. The van der Waals surface area contributed by atoms with Crippen molar-refractivity contribution >= 4 is 17.7 Å². The first-order chi connectivity index (χ1) is 11.2. The summed E-state index contributed by atoms with van der Waals surface area (Å²) in [5.41, 5.74) is 4.79. The Morgan fingerprint density at radius 3 is 2.61 bits per heavy atom. The molecule has 2 rings (SSSR count). The van der Waals surface area contributed by atoms with Crippen LogP contribution in [0.25, 0.3) is 0 Å². The van der Waals surface area contributed by atoms with Crippen LogP contribution in [-0.2, 0) is 14.3 Å². The van der Waals surface area contributed by atoms with Gasteiger partial charge in [-0.1, -0.05) is 0 Å². The Kier molecular flexibility index (Phi) is 6.49. The van der Waals surface area contributed by atoms with Gasteiger partial charge in [0.1, 0.15) is 13.2 Å². The Bertz CT molecular complexity index is 544. The van der Waals surface area contributed by atoms with Gasteiger partial charge in [-0.3, -0.25) is 30.2 Å². The summed E-state index contributed by atoms with van der Waals surface area (Å²) >= 11 is 0. The minimum atomic E-state index is -0.534. The van der Waals surface area contributed by atoms with Crippen molar-refractivity contribution in [2.45, 2.75) is 19.3 Å². The standard InChI is InChI=1S/C15H20N4O4/c20-13(17-18-15(22)12-5-4-6-16-9-12)10-23-11-14(21)19-7-2-1-3-8-19/h4-6,9H,1-3,7-8,10-11H2,(H,17,20)(H,18,22).